The summed E-state index contributed by atoms with van der Waals surface area (Å²) in [6.45, 7) is 1.14. The number of hydrogen-bond donors (Lipinski definition) is 0. The Hall–Kier alpha value is -3.04. The van der Waals surface area contributed by atoms with Crippen molar-refractivity contribution in [1.29, 1.82) is 0 Å². The zero-order chi connectivity index (χ0) is 21.1. The van der Waals surface area contributed by atoms with Gasteiger partial charge in [-0.15, -0.1) is 0 Å². The Balaban J connectivity index is 1.49. The third-order valence-electron chi connectivity index (χ3n) is 5.00. The number of carbonyl (C=O) groups is 1. The van der Waals surface area contributed by atoms with Crippen LogP contribution in [-0.4, -0.2) is 53.8 Å². The third-order valence-corrected chi connectivity index (χ3v) is 6.90. The lowest BCUT2D eigenvalue weighted by molar-refractivity contribution is 0.0769. The second-order valence-corrected chi connectivity index (χ2v) is 9.12. The summed E-state index contributed by atoms with van der Waals surface area (Å²) in [4.78, 5) is 18.7. The molecule has 0 aliphatic carbocycles. The van der Waals surface area contributed by atoms with Crippen LogP contribution in [0, 0.1) is 0 Å². The number of amides is 1. The van der Waals surface area contributed by atoms with Gasteiger partial charge in [-0.1, -0.05) is 41.6 Å². The molecule has 2 aromatic carbocycles. The van der Waals surface area contributed by atoms with Crippen LogP contribution in [-0.2, 0) is 16.6 Å². The van der Waals surface area contributed by atoms with Gasteiger partial charge in [0.15, 0.2) is 0 Å². The molecule has 0 bridgehead atoms. The summed E-state index contributed by atoms with van der Waals surface area (Å²) < 4.78 is 32.3. The van der Waals surface area contributed by atoms with E-state index >= 15 is 0 Å². The quantitative estimate of drug-likeness (QED) is 0.601. The van der Waals surface area contributed by atoms with E-state index in [0.717, 1.165) is 18.4 Å². The van der Waals surface area contributed by atoms with Gasteiger partial charge in [-0.25, -0.2) is 8.42 Å². The Bertz CT molecular complexity index is 1140. The molecule has 3 aromatic rings. The molecule has 0 saturated carbocycles. The summed E-state index contributed by atoms with van der Waals surface area (Å²) in [6, 6.07) is 15.5. The lowest BCUT2D eigenvalue weighted by Crippen LogP contribution is -2.29. The molecule has 30 heavy (non-hydrogen) atoms. The van der Waals surface area contributed by atoms with Crippen molar-refractivity contribution in [2.75, 3.05) is 20.1 Å². The van der Waals surface area contributed by atoms with Crippen molar-refractivity contribution < 1.29 is 17.7 Å². The molecule has 0 N–H and O–H groups in total. The standard InChI is InChI=1S/C21H22N4O4S/c1-24(15-19-22-20(23-29-19)16-8-3-2-4-9-16)21(26)17-10-7-11-18(14-17)30(27,28)25-12-5-6-13-25/h2-4,7-11,14H,5-6,12-13,15H2,1H3. The van der Waals surface area contributed by atoms with Gasteiger partial charge in [0.05, 0.1) is 11.4 Å². The minimum atomic E-state index is -3.58. The van der Waals surface area contributed by atoms with E-state index in [1.165, 1.54) is 21.3 Å². The summed E-state index contributed by atoms with van der Waals surface area (Å²) >= 11 is 0. The normalized spacial score (nSPS) is 14.7. The molecular formula is C21H22N4O4S. The minimum absolute atomic E-state index is 0.113. The smallest absolute Gasteiger partial charge is 0.254 e. The molecule has 1 amide bonds. The van der Waals surface area contributed by atoms with Crippen LogP contribution < -0.4 is 0 Å². The molecule has 1 saturated heterocycles. The van der Waals surface area contributed by atoms with E-state index in [9.17, 15) is 13.2 Å². The van der Waals surface area contributed by atoms with Crippen molar-refractivity contribution >= 4 is 15.9 Å². The highest BCUT2D eigenvalue weighted by atomic mass is 32.2. The summed E-state index contributed by atoms with van der Waals surface area (Å²) in [6.07, 6.45) is 1.71. The largest absolute Gasteiger partial charge is 0.337 e. The molecule has 9 heteroatoms. The number of sulfonamides is 1. The van der Waals surface area contributed by atoms with Crippen LogP contribution in [0.4, 0.5) is 0 Å². The van der Waals surface area contributed by atoms with Gasteiger partial charge in [0.1, 0.15) is 0 Å². The highest BCUT2D eigenvalue weighted by molar-refractivity contribution is 7.89. The van der Waals surface area contributed by atoms with E-state index in [0.29, 0.717) is 30.4 Å². The predicted molar refractivity (Wildman–Crippen MR) is 110 cm³/mol. The number of nitrogens with zero attached hydrogens (tertiary/aromatic N) is 4. The van der Waals surface area contributed by atoms with Crippen molar-refractivity contribution in [3.63, 3.8) is 0 Å². The second-order valence-electron chi connectivity index (χ2n) is 7.18. The average Bonchev–Trinajstić information content (AvgIpc) is 3.47. The predicted octanol–water partition coefficient (Wildman–Crippen LogP) is 2.79. The maximum atomic E-state index is 12.9. The number of carbonyl (C=O) groups excluding carboxylic acids is 1. The van der Waals surface area contributed by atoms with Crippen LogP contribution >= 0.6 is 0 Å². The molecule has 156 valence electrons. The van der Waals surface area contributed by atoms with Crippen molar-refractivity contribution in [1.82, 2.24) is 19.3 Å². The molecule has 0 atom stereocenters. The van der Waals surface area contributed by atoms with E-state index in [4.69, 9.17) is 4.52 Å². The first-order chi connectivity index (χ1) is 14.4. The molecule has 0 unspecified atom stereocenters. The van der Waals surface area contributed by atoms with E-state index in [1.54, 1.807) is 19.2 Å². The van der Waals surface area contributed by atoms with Gasteiger partial charge in [0, 0.05) is 31.3 Å². The van der Waals surface area contributed by atoms with Gasteiger partial charge in [-0.05, 0) is 31.0 Å². The minimum Gasteiger partial charge on any atom is -0.337 e. The maximum Gasteiger partial charge on any atom is 0.254 e. The maximum absolute atomic E-state index is 12.9. The lowest BCUT2D eigenvalue weighted by atomic mass is 10.2. The molecule has 1 aliphatic rings. The van der Waals surface area contributed by atoms with Crippen LogP contribution in [0.2, 0.25) is 0 Å². The Kier molecular flexibility index (Phi) is 5.65. The molecule has 0 spiro atoms. The zero-order valence-electron chi connectivity index (χ0n) is 16.6. The van der Waals surface area contributed by atoms with E-state index in [-0.39, 0.29) is 17.3 Å². The SMILES string of the molecule is CN(Cc1nc(-c2ccccc2)no1)C(=O)c1cccc(S(=O)(=O)N2CCCC2)c1. The van der Waals surface area contributed by atoms with Crippen molar-refractivity contribution in [3.8, 4) is 11.4 Å². The molecule has 8 nitrogen and oxygen atoms in total. The second kappa shape index (κ2) is 8.37. The van der Waals surface area contributed by atoms with Gasteiger partial charge in [-0.3, -0.25) is 4.79 Å². The molecule has 4 rings (SSSR count). The first kappa shape index (κ1) is 20.2. The number of rotatable bonds is 6. The van der Waals surface area contributed by atoms with E-state index < -0.39 is 10.0 Å². The fourth-order valence-corrected chi connectivity index (χ4v) is 4.95. The van der Waals surface area contributed by atoms with Gasteiger partial charge < -0.3 is 9.42 Å². The van der Waals surface area contributed by atoms with Crippen LogP contribution in [0.15, 0.2) is 64.0 Å². The van der Waals surface area contributed by atoms with Gasteiger partial charge in [0.2, 0.25) is 21.7 Å². The number of benzene rings is 2. The molecule has 0 radical (unpaired) electrons. The van der Waals surface area contributed by atoms with Crippen LogP contribution in [0.1, 0.15) is 29.1 Å². The Morgan fingerprint density at radius 2 is 1.83 bits per heavy atom. The molecular weight excluding hydrogens is 404 g/mol. The van der Waals surface area contributed by atoms with Gasteiger partial charge >= 0.3 is 0 Å². The molecule has 1 aromatic heterocycles. The number of hydrogen-bond acceptors (Lipinski definition) is 6. The van der Waals surface area contributed by atoms with Gasteiger partial charge in [-0.2, -0.15) is 9.29 Å². The monoisotopic (exact) mass is 426 g/mol. The summed E-state index contributed by atoms with van der Waals surface area (Å²) in [5.41, 5.74) is 1.11. The number of aromatic nitrogens is 2. The first-order valence-corrected chi connectivity index (χ1v) is 11.1. The van der Waals surface area contributed by atoms with Crippen molar-refractivity contribution in [2.24, 2.45) is 0 Å². The Morgan fingerprint density at radius 1 is 1.10 bits per heavy atom. The van der Waals surface area contributed by atoms with Crippen LogP contribution in [0.25, 0.3) is 11.4 Å². The van der Waals surface area contributed by atoms with Crippen LogP contribution in [0.3, 0.4) is 0 Å². The average molecular weight is 426 g/mol. The van der Waals surface area contributed by atoms with Crippen molar-refractivity contribution in [3.05, 3.63) is 66.1 Å². The first-order valence-electron chi connectivity index (χ1n) is 9.69. The summed E-state index contributed by atoms with van der Waals surface area (Å²) in [7, 11) is -1.98. The molecule has 2 heterocycles. The lowest BCUT2D eigenvalue weighted by Gasteiger charge is -2.18. The summed E-state index contributed by atoms with van der Waals surface area (Å²) in [5, 5.41) is 3.95. The molecule has 1 fully saturated rings. The van der Waals surface area contributed by atoms with E-state index in [2.05, 4.69) is 10.1 Å². The topological polar surface area (TPSA) is 96.6 Å². The van der Waals surface area contributed by atoms with Crippen LogP contribution in [0.5, 0.6) is 0 Å². The fraction of sp³-hybridized carbons (Fsp3) is 0.286. The fourth-order valence-electron chi connectivity index (χ4n) is 3.39. The van der Waals surface area contributed by atoms with Crippen molar-refractivity contribution in [2.45, 2.75) is 24.3 Å². The Morgan fingerprint density at radius 3 is 2.57 bits per heavy atom. The zero-order valence-corrected chi connectivity index (χ0v) is 17.4. The van der Waals surface area contributed by atoms with Gasteiger partial charge in [0.25, 0.3) is 5.91 Å². The molecule has 1 aliphatic heterocycles. The summed E-state index contributed by atoms with van der Waals surface area (Å²) in [5.74, 6) is 0.420. The highest BCUT2D eigenvalue weighted by Crippen LogP contribution is 2.22. The van der Waals surface area contributed by atoms with E-state index in [1.807, 2.05) is 30.3 Å². The highest BCUT2D eigenvalue weighted by Gasteiger charge is 2.28. The Labute approximate surface area is 175 Å². The third kappa shape index (κ3) is 4.12.